The summed E-state index contributed by atoms with van der Waals surface area (Å²) in [6.45, 7) is 3.86. The number of nitrogens with zero attached hydrogens (tertiary/aromatic N) is 5. The third kappa shape index (κ3) is 4.97. The van der Waals surface area contributed by atoms with Crippen molar-refractivity contribution in [2.75, 3.05) is 44.4 Å². The standard InChI is InChI=1S/C24H33N7O5/c32-23(25-16-5-2-1-3-6-16)26-19-14-34-22-20(15-35-21(19)22)31-24(27-28-29-31)36-18-8-4-7-17(13-18)30-9-11-33-12-10-30/h4,7-8,13,16,19-22H,1-3,5-6,9-12,14-15H2,(H2,25,26,32). The van der Waals surface area contributed by atoms with Crippen molar-refractivity contribution < 1.29 is 23.7 Å². The highest BCUT2D eigenvalue weighted by atomic mass is 16.6. The van der Waals surface area contributed by atoms with Crippen LogP contribution in [0.3, 0.4) is 0 Å². The highest BCUT2D eigenvalue weighted by Gasteiger charge is 2.50. The predicted octanol–water partition coefficient (Wildman–Crippen LogP) is 1.64. The fraction of sp³-hybridized carbons (Fsp3) is 0.667. The fourth-order valence-corrected chi connectivity index (χ4v) is 5.59. The second-order valence-corrected chi connectivity index (χ2v) is 9.83. The van der Waals surface area contributed by atoms with Crippen molar-refractivity contribution >= 4 is 11.7 Å². The van der Waals surface area contributed by atoms with Crippen molar-refractivity contribution in [2.24, 2.45) is 0 Å². The topological polar surface area (TPSA) is 125 Å². The summed E-state index contributed by atoms with van der Waals surface area (Å²) in [5.41, 5.74) is 1.07. The van der Waals surface area contributed by atoms with Gasteiger partial charge in [0.25, 0.3) is 0 Å². The average molecular weight is 500 g/mol. The summed E-state index contributed by atoms with van der Waals surface area (Å²) in [7, 11) is 0. The number of anilines is 1. The summed E-state index contributed by atoms with van der Waals surface area (Å²) >= 11 is 0. The monoisotopic (exact) mass is 499 g/mol. The molecular formula is C24H33N7O5. The molecule has 12 nitrogen and oxygen atoms in total. The van der Waals surface area contributed by atoms with E-state index in [2.05, 4.69) is 37.1 Å². The van der Waals surface area contributed by atoms with Crippen molar-refractivity contribution in [2.45, 2.75) is 62.4 Å². The molecule has 1 aromatic carbocycles. The van der Waals surface area contributed by atoms with Crippen LogP contribution in [0.1, 0.15) is 38.1 Å². The van der Waals surface area contributed by atoms with E-state index in [0.717, 1.165) is 31.6 Å². The molecule has 1 saturated carbocycles. The van der Waals surface area contributed by atoms with Gasteiger partial charge in [-0.15, -0.1) is 0 Å². The second kappa shape index (κ2) is 10.6. The van der Waals surface area contributed by atoms with Crippen LogP contribution in [0.15, 0.2) is 24.3 Å². The number of nitrogens with one attached hydrogen (secondary N) is 2. The Morgan fingerprint density at radius 3 is 2.72 bits per heavy atom. The van der Waals surface area contributed by atoms with E-state index in [1.165, 1.54) is 19.3 Å². The first kappa shape index (κ1) is 23.4. The van der Waals surface area contributed by atoms with Crippen LogP contribution >= 0.6 is 0 Å². The molecular weight excluding hydrogens is 466 g/mol. The number of amides is 2. The lowest BCUT2D eigenvalue weighted by Crippen LogP contribution is -2.50. The van der Waals surface area contributed by atoms with Gasteiger partial charge < -0.3 is 34.5 Å². The zero-order chi connectivity index (χ0) is 24.3. The highest BCUT2D eigenvalue weighted by Crippen LogP contribution is 2.36. The molecule has 3 saturated heterocycles. The third-order valence-corrected chi connectivity index (χ3v) is 7.46. The Hall–Kier alpha value is -2.96. The van der Waals surface area contributed by atoms with Crippen molar-refractivity contribution in [1.29, 1.82) is 0 Å². The Labute approximate surface area is 209 Å². The van der Waals surface area contributed by atoms with Crippen molar-refractivity contribution in [3.8, 4) is 11.8 Å². The van der Waals surface area contributed by atoms with Gasteiger partial charge in [-0.1, -0.05) is 30.4 Å². The number of urea groups is 1. The Morgan fingerprint density at radius 2 is 1.86 bits per heavy atom. The first-order valence-electron chi connectivity index (χ1n) is 12.9. The number of ether oxygens (including phenoxy) is 4. The van der Waals surface area contributed by atoms with Gasteiger partial charge in [-0.25, -0.2) is 4.79 Å². The molecule has 6 rings (SSSR count). The number of hydrogen-bond acceptors (Lipinski definition) is 9. The lowest BCUT2D eigenvalue weighted by molar-refractivity contribution is 0.0613. The number of carbonyl (C=O) groups excluding carboxylic acids is 1. The molecule has 2 N–H and O–H groups in total. The number of aromatic nitrogens is 4. The summed E-state index contributed by atoms with van der Waals surface area (Å²) in [6.07, 6.45) is 5.11. The van der Waals surface area contributed by atoms with Gasteiger partial charge in [0.15, 0.2) is 0 Å². The first-order valence-corrected chi connectivity index (χ1v) is 12.9. The molecule has 12 heteroatoms. The lowest BCUT2D eigenvalue weighted by atomic mass is 9.96. The van der Waals surface area contributed by atoms with E-state index in [1.807, 2.05) is 18.2 Å². The zero-order valence-electron chi connectivity index (χ0n) is 20.3. The molecule has 4 heterocycles. The molecule has 3 aliphatic heterocycles. The molecule has 2 amide bonds. The minimum atomic E-state index is -0.282. The van der Waals surface area contributed by atoms with Gasteiger partial charge in [-0.2, -0.15) is 4.68 Å². The minimum absolute atomic E-state index is 0.158. The van der Waals surface area contributed by atoms with Gasteiger partial charge in [-0.3, -0.25) is 0 Å². The van der Waals surface area contributed by atoms with Crippen LogP contribution in [0.25, 0.3) is 0 Å². The number of morpholine rings is 1. The van der Waals surface area contributed by atoms with Crippen LogP contribution in [0.2, 0.25) is 0 Å². The van der Waals surface area contributed by atoms with Gasteiger partial charge >= 0.3 is 12.0 Å². The largest absolute Gasteiger partial charge is 0.423 e. The Balaban J connectivity index is 1.09. The van der Waals surface area contributed by atoms with Gasteiger partial charge in [0.2, 0.25) is 0 Å². The Bertz CT molecular complexity index is 1040. The number of rotatable bonds is 6. The number of benzene rings is 1. The zero-order valence-corrected chi connectivity index (χ0v) is 20.3. The molecule has 2 aromatic rings. The van der Waals surface area contributed by atoms with Crippen LogP contribution in [0, 0.1) is 0 Å². The second-order valence-electron chi connectivity index (χ2n) is 9.83. The summed E-state index contributed by atoms with van der Waals surface area (Å²) in [5.74, 6) is 0.650. The maximum absolute atomic E-state index is 12.6. The minimum Gasteiger partial charge on any atom is -0.423 e. The third-order valence-electron chi connectivity index (χ3n) is 7.46. The number of tetrazole rings is 1. The molecule has 0 bridgehead atoms. The molecule has 4 atom stereocenters. The molecule has 4 fully saturated rings. The first-order chi connectivity index (χ1) is 17.7. The maximum Gasteiger partial charge on any atom is 0.341 e. The van der Waals surface area contributed by atoms with Crippen LogP contribution < -0.4 is 20.3 Å². The van der Waals surface area contributed by atoms with Gasteiger partial charge in [0.05, 0.1) is 32.5 Å². The molecule has 1 aliphatic carbocycles. The Morgan fingerprint density at radius 1 is 1.03 bits per heavy atom. The van der Waals surface area contributed by atoms with Crippen LogP contribution in [0.4, 0.5) is 10.5 Å². The SMILES string of the molecule is O=C(NC1CCCCC1)NC1COC2C1OCC2n1nnnc1Oc1cccc(N2CCOCC2)c1. The molecule has 1 aromatic heterocycles. The van der Waals surface area contributed by atoms with Crippen LogP contribution in [-0.4, -0.2) is 90.0 Å². The molecule has 4 unspecified atom stereocenters. The van der Waals surface area contributed by atoms with Crippen molar-refractivity contribution in [3.63, 3.8) is 0 Å². The average Bonchev–Trinajstić information content (AvgIpc) is 3.63. The van der Waals surface area contributed by atoms with E-state index in [1.54, 1.807) is 4.68 Å². The molecule has 0 spiro atoms. The fourth-order valence-electron chi connectivity index (χ4n) is 5.59. The van der Waals surface area contributed by atoms with Crippen LogP contribution in [0.5, 0.6) is 11.8 Å². The Kier molecular flexibility index (Phi) is 6.88. The summed E-state index contributed by atoms with van der Waals surface area (Å²) in [6, 6.07) is 7.76. The van der Waals surface area contributed by atoms with E-state index in [4.69, 9.17) is 18.9 Å². The molecule has 0 radical (unpaired) electrons. The van der Waals surface area contributed by atoms with E-state index in [-0.39, 0.29) is 42.4 Å². The van der Waals surface area contributed by atoms with E-state index >= 15 is 0 Å². The molecule has 4 aliphatic rings. The quantitative estimate of drug-likeness (QED) is 0.610. The van der Waals surface area contributed by atoms with Crippen molar-refractivity contribution in [1.82, 2.24) is 30.8 Å². The summed E-state index contributed by atoms with van der Waals surface area (Å²) < 4.78 is 25.3. The molecule has 194 valence electrons. The number of hydrogen-bond donors (Lipinski definition) is 2. The predicted molar refractivity (Wildman–Crippen MR) is 128 cm³/mol. The smallest absolute Gasteiger partial charge is 0.341 e. The van der Waals surface area contributed by atoms with Gasteiger partial charge in [0, 0.05) is 30.9 Å². The number of fused-ring (bicyclic) bond motifs is 1. The summed E-state index contributed by atoms with van der Waals surface area (Å²) in [4.78, 5) is 14.8. The normalized spacial score (nSPS) is 28.6. The van der Waals surface area contributed by atoms with Crippen LogP contribution in [-0.2, 0) is 14.2 Å². The lowest BCUT2D eigenvalue weighted by Gasteiger charge is -2.29. The highest BCUT2D eigenvalue weighted by molar-refractivity contribution is 5.74. The van der Waals surface area contributed by atoms with E-state index in [0.29, 0.717) is 32.2 Å². The maximum atomic E-state index is 12.6. The molecule has 36 heavy (non-hydrogen) atoms. The van der Waals surface area contributed by atoms with E-state index in [9.17, 15) is 4.79 Å². The van der Waals surface area contributed by atoms with Gasteiger partial charge in [0.1, 0.15) is 24.0 Å². The van der Waals surface area contributed by atoms with E-state index < -0.39 is 0 Å². The van der Waals surface area contributed by atoms with Crippen molar-refractivity contribution in [3.05, 3.63) is 24.3 Å². The number of carbonyl (C=O) groups is 1. The van der Waals surface area contributed by atoms with Gasteiger partial charge in [-0.05, 0) is 35.4 Å². The summed E-state index contributed by atoms with van der Waals surface area (Å²) in [5, 5.41) is 18.3.